The van der Waals surface area contributed by atoms with Crippen LogP contribution in [-0.4, -0.2) is 31.1 Å². The lowest BCUT2D eigenvalue weighted by atomic mass is 10.2. The Balaban J connectivity index is 1.75. The van der Waals surface area contributed by atoms with Gasteiger partial charge in [-0.05, 0) is 38.1 Å². The molecule has 1 aliphatic carbocycles. The summed E-state index contributed by atoms with van der Waals surface area (Å²) in [6, 6.07) is 10.2. The van der Waals surface area contributed by atoms with Crippen molar-refractivity contribution in [3.05, 3.63) is 29.8 Å². The first-order valence-electron chi connectivity index (χ1n) is 6.63. The maximum absolute atomic E-state index is 8.81. The second-order valence-electron chi connectivity index (χ2n) is 4.91. The van der Waals surface area contributed by atoms with E-state index in [1.807, 2.05) is 12.1 Å². The van der Waals surface area contributed by atoms with Crippen LogP contribution in [-0.2, 0) is 0 Å². The molecule has 1 aliphatic rings. The van der Waals surface area contributed by atoms with Crippen molar-refractivity contribution in [2.24, 2.45) is 0 Å². The standard InChI is InChI=1S/C15H20N2O/c1-17(14-6-2-3-7-14)9-10-18-15-8-4-5-13(11-15)12-16/h4-5,8,11,14H,2-3,6-7,9-10H2,1H3. The molecule has 18 heavy (non-hydrogen) atoms. The van der Waals surface area contributed by atoms with Gasteiger partial charge in [0.1, 0.15) is 12.4 Å². The van der Waals surface area contributed by atoms with Crippen molar-refractivity contribution in [2.45, 2.75) is 31.7 Å². The Morgan fingerprint density at radius 1 is 1.39 bits per heavy atom. The van der Waals surface area contributed by atoms with Crippen molar-refractivity contribution in [1.82, 2.24) is 4.90 Å². The van der Waals surface area contributed by atoms with Crippen molar-refractivity contribution in [3.63, 3.8) is 0 Å². The lowest BCUT2D eigenvalue weighted by Gasteiger charge is -2.23. The maximum Gasteiger partial charge on any atom is 0.120 e. The Bertz CT molecular complexity index is 419. The molecule has 1 aromatic rings. The topological polar surface area (TPSA) is 36.3 Å². The van der Waals surface area contributed by atoms with Crippen molar-refractivity contribution in [1.29, 1.82) is 5.26 Å². The van der Waals surface area contributed by atoms with Crippen LogP contribution in [0, 0.1) is 11.3 Å². The van der Waals surface area contributed by atoms with E-state index < -0.39 is 0 Å². The maximum atomic E-state index is 8.81. The number of hydrogen-bond acceptors (Lipinski definition) is 3. The molecule has 96 valence electrons. The van der Waals surface area contributed by atoms with Gasteiger partial charge in [0.15, 0.2) is 0 Å². The lowest BCUT2D eigenvalue weighted by Crippen LogP contribution is -2.32. The second-order valence-corrected chi connectivity index (χ2v) is 4.91. The van der Waals surface area contributed by atoms with Gasteiger partial charge in [0.25, 0.3) is 0 Å². The molecule has 0 heterocycles. The fraction of sp³-hybridized carbons (Fsp3) is 0.533. The third kappa shape index (κ3) is 3.48. The van der Waals surface area contributed by atoms with E-state index >= 15 is 0 Å². The fourth-order valence-corrected chi connectivity index (χ4v) is 2.49. The van der Waals surface area contributed by atoms with E-state index in [0.29, 0.717) is 12.2 Å². The van der Waals surface area contributed by atoms with Gasteiger partial charge in [0.2, 0.25) is 0 Å². The first-order valence-corrected chi connectivity index (χ1v) is 6.63. The number of hydrogen-bond donors (Lipinski definition) is 0. The molecule has 3 heteroatoms. The van der Waals surface area contributed by atoms with Crippen molar-refractivity contribution < 1.29 is 4.74 Å². The Morgan fingerprint density at radius 2 is 2.17 bits per heavy atom. The van der Waals surface area contributed by atoms with Crippen LogP contribution in [0.1, 0.15) is 31.2 Å². The van der Waals surface area contributed by atoms with Gasteiger partial charge >= 0.3 is 0 Å². The molecule has 0 saturated heterocycles. The summed E-state index contributed by atoms with van der Waals surface area (Å²) in [7, 11) is 2.17. The largest absolute Gasteiger partial charge is 0.492 e. The average Bonchev–Trinajstić information content (AvgIpc) is 2.93. The normalized spacial score (nSPS) is 15.8. The molecule has 0 aromatic heterocycles. The molecule has 3 nitrogen and oxygen atoms in total. The minimum absolute atomic E-state index is 0.650. The van der Waals surface area contributed by atoms with E-state index in [9.17, 15) is 0 Å². The van der Waals surface area contributed by atoms with Gasteiger partial charge in [-0.3, -0.25) is 0 Å². The number of benzene rings is 1. The van der Waals surface area contributed by atoms with E-state index in [1.165, 1.54) is 25.7 Å². The van der Waals surface area contributed by atoms with Gasteiger partial charge in [0.05, 0.1) is 11.6 Å². The van der Waals surface area contributed by atoms with Gasteiger partial charge in [0, 0.05) is 12.6 Å². The highest BCUT2D eigenvalue weighted by Gasteiger charge is 2.18. The van der Waals surface area contributed by atoms with E-state index in [2.05, 4.69) is 18.0 Å². The summed E-state index contributed by atoms with van der Waals surface area (Å²) in [5.74, 6) is 0.786. The highest BCUT2D eigenvalue weighted by atomic mass is 16.5. The monoisotopic (exact) mass is 244 g/mol. The molecule has 2 rings (SSSR count). The first-order chi connectivity index (χ1) is 8.79. The van der Waals surface area contributed by atoms with Gasteiger partial charge in [-0.1, -0.05) is 18.9 Å². The predicted octanol–water partition coefficient (Wildman–Crippen LogP) is 2.81. The van der Waals surface area contributed by atoms with E-state index in [4.69, 9.17) is 10.00 Å². The zero-order valence-electron chi connectivity index (χ0n) is 10.9. The molecule has 0 bridgehead atoms. The van der Waals surface area contributed by atoms with E-state index in [1.54, 1.807) is 12.1 Å². The zero-order chi connectivity index (χ0) is 12.8. The molecule has 0 unspecified atom stereocenters. The fourth-order valence-electron chi connectivity index (χ4n) is 2.49. The minimum Gasteiger partial charge on any atom is -0.492 e. The van der Waals surface area contributed by atoms with Crippen molar-refractivity contribution in [2.75, 3.05) is 20.2 Å². The van der Waals surface area contributed by atoms with Crippen molar-refractivity contribution in [3.8, 4) is 11.8 Å². The van der Waals surface area contributed by atoms with Crippen LogP contribution in [0.4, 0.5) is 0 Å². The minimum atomic E-state index is 0.650. The Hall–Kier alpha value is -1.53. The number of rotatable bonds is 5. The number of nitriles is 1. The van der Waals surface area contributed by atoms with Crippen LogP contribution in [0.2, 0.25) is 0 Å². The van der Waals surface area contributed by atoms with E-state index in [0.717, 1.165) is 18.3 Å². The summed E-state index contributed by atoms with van der Waals surface area (Å²) >= 11 is 0. The number of likely N-dealkylation sites (N-methyl/N-ethyl adjacent to an activating group) is 1. The van der Waals surface area contributed by atoms with Crippen LogP contribution < -0.4 is 4.74 Å². The summed E-state index contributed by atoms with van der Waals surface area (Å²) in [4.78, 5) is 2.39. The molecule has 1 saturated carbocycles. The summed E-state index contributed by atoms with van der Waals surface area (Å²) < 4.78 is 5.69. The average molecular weight is 244 g/mol. The molecular formula is C15H20N2O. The third-order valence-corrected chi connectivity index (χ3v) is 3.62. The van der Waals surface area contributed by atoms with Crippen LogP contribution in [0.25, 0.3) is 0 Å². The highest BCUT2D eigenvalue weighted by molar-refractivity contribution is 5.36. The molecular weight excluding hydrogens is 224 g/mol. The first kappa shape index (κ1) is 12.9. The van der Waals surface area contributed by atoms with E-state index in [-0.39, 0.29) is 0 Å². The molecule has 0 radical (unpaired) electrons. The van der Waals surface area contributed by atoms with Crippen LogP contribution in [0.5, 0.6) is 5.75 Å². The van der Waals surface area contributed by atoms with Gasteiger partial charge in [-0.2, -0.15) is 5.26 Å². The molecule has 0 atom stereocenters. The predicted molar refractivity (Wildman–Crippen MR) is 71.5 cm³/mol. The van der Waals surface area contributed by atoms with Crippen LogP contribution >= 0.6 is 0 Å². The van der Waals surface area contributed by atoms with Crippen LogP contribution in [0.15, 0.2) is 24.3 Å². The lowest BCUT2D eigenvalue weighted by molar-refractivity contribution is 0.193. The Morgan fingerprint density at radius 3 is 2.89 bits per heavy atom. The Labute approximate surface area is 109 Å². The molecule has 0 spiro atoms. The second kappa shape index (κ2) is 6.42. The summed E-state index contributed by atoms with van der Waals surface area (Å²) in [6.45, 7) is 1.63. The SMILES string of the molecule is CN(CCOc1cccc(C#N)c1)C1CCCC1. The molecule has 0 aliphatic heterocycles. The summed E-state index contributed by atoms with van der Waals surface area (Å²) in [5, 5.41) is 8.81. The third-order valence-electron chi connectivity index (χ3n) is 3.62. The van der Waals surface area contributed by atoms with Gasteiger partial charge < -0.3 is 9.64 Å². The Kier molecular flexibility index (Phi) is 4.60. The summed E-state index contributed by atoms with van der Waals surface area (Å²) in [6.07, 6.45) is 5.36. The number of nitrogens with zero attached hydrogens (tertiary/aromatic N) is 2. The van der Waals surface area contributed by atoms with Gasteiger partial charge in [-0.15, -0.1) is 0 Å². The highest BCUT2D eigenvalue weighted by Crippen LogP contribution is 2.22. The van der Waals surface area contributed by atoms with Gasteiger partial charge in [-0.25, -0.2) is 0 Å². The van der Waals surface area contributed by atoms with Crippen molar-refractivity contribution >= 4 is 0 Å². The van der Waals surface area contributed by atoms with Crippen LogP contribution in [0.3, 0.4) is 0 Å². The molecule has 1 aromatic carbocycles. The molecule has 0 N–H and O–H groups in total. The summed E-state index contributed by atoms with van der Waals surface area (Å²) in [5.41, 5.74) is 0.650. The molecule has 1 fully saturated rings. The zero-order valence-corrected chi connectivity index (χ0v) is 10.9. The molecule has 0 amide bonds. The number of ether oxygens (including phenoxy) is 1. The smallest absolute Gasteiger partial charge is 0.120 e. The quantitative estimate of drug-likeness (QED) is 0.799.